The van der Waals surface area contributed by atoms with Crippen LogP contribution < -0.4 is 5.32 Å². The summed E-state index contributed by atoms with van der Waals surface area (Å²) >= 11 is 0. The van der Waals surface area contributed by atoms with Gasteiger partial charge in [0.05, 0.1) is 0 Å². The Balaban J connectivity index is 2.96. The first-order valence-electron chi connectivity index (χ1n) is 6.28. The third kappa shape index (κ3) is 3.34. The van der Waals surface area contributed by atoms with Gasteiger partial charge in [-0.15, -0.1) is 0 Å². The first kappa shape index (κ1) is 16.6. The van der Waals surface area contributed by atoms with Gasteiger partial charge in [-0.25, -0.2) is 4.79 Å². The molecule has 116 valence electrons. The molecule has 0 bridgehead atoms. The van der Waals surface area contributed by atoms with E-state index < -0.39 is 35.8 Å². The minimum Gasteiger partial charge on any atom is -0.465 e. The van der Waals surface area contributed by atoms with Gasteiger partial charge in [0.2, 0.25) is 5.91 Å². The van der Waals surface area contributed by atoms with E-state index in [-0.39, 0.29) is 12.8 Å². The van der Waals surface area contributed by atoms with Crippen LogP contribution >= 0.6 is 0 Å². The molecule has 1 fully saturated rings. The number of hydrogen-bond acceptors (Lipinski definition) is 2. The minimum absolute atomic E-state index is 0.236. The maximum atomic E-state index is 12.2. The first-order chi connectivity index (χ1) is 8.90. The molecule has 0 saturated heterocycles. The molecule has 1 aliphatic carbocycles. The number of amides is 2. The van der Waals surface area contributed by atoms with Gasteiger partial charge in [0.25, 0.3) is 0 Å². The fourth-order valence-corrected chi connectivity index (χ4v) is 2.52. The molecule has 1 rings (SSSR count). The predicted octanol–water partition coefficient (Wildman–Crippen LogP) is 2.37. The molecular weight excluding hydrogens is 277 g/mol. The molecule has 0 atom stereocenters. The molecule has 0 radical (unpaired) electrons. The Labute approximate surface area is 115 Å². The molecule has 1 saturated carbocycles. The lowest BCUT2D eigenvalue weighted by Crippen LogP contribution is -2.69. The van der Waals surface area contributed by atoms with E-state index in [1.54, 1.807) is 26.1 Å². The molecule has 0 aliphatic heterocycles. The van der Waals surface area contributed by atoms with Gasteiger partial charge < -0.3 is 10.4 Å². The summed E-state index contributed by atoms with van der Waals surface area (Å²) in [7, 11) is 0. The van der Waals surface area contributed by atoms with E-state index in [2.05, 4.69) is 0 Å². The normalized spacial score (nSPS) is 18.1. The van der Waals surface area contributed by atoms with E-state index in [0.717, 1.165) is 4.90 Å². The summed E-state index contributed by atoms with van der Waals surface area (Å²) in [5.74, 6) is -0.876. The van der Waals surface area contributed by atoms with Crippen LogP contribution in [0.1, 0.15) is 40.0 Å². The summed E-state index contributed by atoms with van der Waals surface area (Å²) < 4.78 is 36.5. The van der Waals surface area contributed by atoms with Crippen molar-refractivity contribution in [2.75, 3.05) is 6.54 Å². The van der Waals surface area contributed by atoms with Crippen LogP contribution in [0.25, 0.3) is 0 Å². The fraction of sp³-hybridized carbons (Fsp3) is 0.833. The molecule has 0 aromatic heterocycles. The van der Waals surface area contributed by atoms with Crippen molar-refractivity contribution < 1.29 is 27.9 Å². The Morgan fingerprint density at radius 3 is 2.00 bits per heavy atom. The largest absolute Gasteiger partial charge is 0.465 e. The summed E-state index contributed by atoms with van der Waals surface area (Å²) in [5, 5.41) is 11.1. The second-order valence-corrected chi connectivity index (χ2v) is 5.97. The lowest BCUT2D eigenvalue weighted by Gasteiger charge is -2.52. The van der Waals surface area contributed by atoms with E-state index >= 15 is 0 Å². The van der Waals surface area contributed by atoms with Crippen LogP contribution in [0.3, 0.4) is 0 Å². The Hall–Kier alpha value is -1.47. The Kier molecular flexibility index (Phi) is 4.26. The topological polar surface area (TPSA) is 69.6 Å². The first-order valence-corrected chi connectivity index (χ1v) is 6.28. The van der Waals surface area contributed by atoms with E-state index in [9.17, 15) is 27.9 Å². The van der Waals surface area contributed by atoms with Crippen molar-refractivity contribution in [3.05, 3.63) is 0 Å². The molecule has 0 aromatic rings. The van der Waals surface area contributed by atoms with E-state index in [4.69, 9.17) is 0 Å². The highest BCUT2D eigenvalue weighted by atomic mass is 19.4. The molecule has 5 nitrogen and oxygen atoms in total. The zero-order valence-corrected chi connectivity index (χ0v) is 11.7. The van der Waals surface area contributed by atoms with Crippen LogP contribution in [0.5, 0.6) is 0 Å². The van der Waals surface area contributed by atoms with Crippen LogP contribution in [0.4, 0.5) is 18.0 Å². The van der Waals surface area contributed by atoms with Crippen LogP contribution in [0.15, 0.2) is 0 Å². The van der Waals surface area contributed by atoms with Crippen molar-refractivity contribution in [2.45, 2.75) is 57.3 Å². The van der Waals surface area contributed by atoms with E-state index in [0.29, 0.717) is 6.42 Å². The highest BCUT2D eigenvalue weighted by molar-refractivity contribution is 5.91. The van der Waals surface area contributed by atoms with Crippen molar-refractivity contribution in [3.8, 4) is 0 Å². The highest BCUT2D eigenvalue weighted by Gasteiger charge is 2.55. The quantitative estimate of drug-likeness (QED) is 0.840. The second kappa shape index (κ2) is 5.14. The smallest absolute Gasteiger partial charge is 0.408 e. The van der Waals surface area contributed by atoms with Crippen molar-refractivity contribution in [2.24, 2.45) is 0 Å². The third-order valence-electron chi connectivity index (χ3n) is 3.34. The van der Waals surface area contributed by atoms with E-state index in [1.165, 1.54) is 0 Å². The zero-order valence-electron chi connectivity index (χ0n) is 11.7. The molecule has 0 unspecified atom stereocenters. The van der Waals surface area contributed by atoms with Crippen molar-refractivity contribution in [3.63, 3.8) is 0 Å². The van der Waals surface area contributed by atoms with Gasteiger partial charge in [0, 0.05) is 5.54 Å². The molecule has 8 heteroatoms. The van der Waals surface area contributed by atoms with Gasteiger partial charge in [-0.05, 0) is 40.0 Å². The van der Waals surface area contributed by atoms with E-state index in [1.807, 2.05) is 0 Å². The van der Waals surface area contributed by atoms with Gasteiger partial charge in [-0.3, -0.25) is 9.69 Å². The Morgan fingerprint density at radius 1 is 1.25 bits per heavy atom. The SMILES string of the molecule is CC(C)(C)N(C(=O)O)C1(C(=O)NCC(F)(F)F)CCC1. The van der Waals surface area contributed by atoms with Crippen molar-refractivity contribution in [1.82, 2.24) is 10.2 Å². The second-order valence-electron chi connectivity index (χ2n) is 5.97. The number of carbonyl (C=O) groups is 2. The number of carboxylic acid groups (broad SMARTS) is 1. The number of alkyl halides is 3. The lowest BCUT2D eigenvalue weighted by atomic mass is 9.72. The summed E-state index contributed by atoms with van der Waals surface area (Å²) in [5.41, 5.74) is -2.27. The Morgan fingerprint density at radius 2 is 1.75 bits per heavy atom. The van der Waals surface area contributed by atoms with Crippen molar-refractivity contribution >= 4 is 12.0 Å². The van der Waals surface area contributed by atoms with Gasteiger partial charge in [-0.2, -0.15) is 13.2 Å². The number of hydrogen-bond donors (Lipinski definition) is 2. The minimum atomic E-state index is -4.52. The predicted molar refractivity (Wildman–Crippen MR) is 65.3 cm³/mol. The third-order valence-corrected chi connectivity index (χ3v) is 3.34. The van der Waals surface area contributed by atoms with Crippen LogP contribution in [0.2, 0.25) is 0 Å². The van der Waals surface area contributed by atoms with Gasteiger partial charge in [0.15, 0.2) is 0 Å². The van der Waals surface area contributed by atoms with Crippen LogP contribution in [-0.4, -0.2) is 45.8 Å². The summed E-state index contributed by atoms with van der Waals surface area (Å²) in [6.45, 7) is 3.37. The summed E-state index contributed by atoms with van der Waals surface area (Å²) in [6.07, 6.45) is -4.74. The average molecular weight is 296 g/mol. The average Bonchev–Trinajstić information content (AvgIpc) is 2.15. The molecule has 20 heavy (non-hydrogen) atoms. The molecule has 1 aliphatic rings. The summed E-state index contributed by atoms with van der Waals surface area (Å²) in [6, 6.07) is 0. The number of halogens is 3. The zero-order chi connectivity index (χ0) is 15.8. The summed E-state index contributed by atoms with van der Waals surface area (Å²) in [4.78, 5) is 24.5. The maximum Gasteiger partial charge on any atom is 0.408 e. The van der Waals surface area contributed by atoms with Crippen molar-refractivity contribution in [1.29, 1.82) is 0 Å². The molecular formula is C12H19F3N2O3. The monoisotopic (exact) mass is 296 g/mol. The fourth-order valence-electron chi connectivity index (χ4n) is 2.52. The van der Waals surface area contributed by atoms with Gasteiger partial charge in [0.1, 0.15) is 12.1 Å². The molecule has 2 amide bonds. The highest BCUT2D eigenvalue weighted by Crippen LogP contribution is 2.42. The van der Waals surface area contributed by atoms with Gasteiger partial charge >= 0.3 is 12.3 Å². The Bertz CT molecular complexity index is 398. The van der Waals surface area contributed by atoms with Crippen LogP contribution in [-0.2, 0) is 4.79 Å². The standard InChI is InChI=1S/C12H19F3N2O3/c1-10(2,3)17(9(19)20)11(5-4-6-11)8(18)16-7-12(13,14)15/h4-7H2,1-3H3,(H,16,18)(H,19,20). The molecule has 2 N–H and O–H groups in total. The molecule has 0 spiro atoms. The van der Waals surface area contributed by atoms with Crippen LogP contribution in [0, 0.1) is 0 Å². The number of carbonyl (C=O) groups excluding carboxylic acids is 1. The molecule has 0 aromatic carbocycles. The lowest BCUT2D eigenvalue weighted by molar-refractivity contribution is -0.152. The molecule has 0 heterocycles. The maximum absolute atomic E-state index is 12.2. The number of nitrogens with zero attached hydrogens (tertiary/aromatic N) is 1. The number of rotatable bonds is 3. The number of nitrogens with one attached hydrogen (secondary N) is 1. The van der Waals surface area contributed by atoms with Gasteiger partial charge in [-0.1, -0.05) is 0 Å².